The summed E-state index contributed by atoms with van der Waals surface area (Å²) in [7, 11) is 0. The second-order valence-corrected chi connectivity index (χ2v) is 5.36. The van der Waals surface area contributed by atoms with E-state index in [-0.39, 0.29) is 6.61 Å². The molecular formula is C18H17F2NO4. The SMILES string of the molecule is Cc1ccc(OCC(=O)OCC(=O)Nc2c(F)cccc2F)c(C)c1. The average molecular weight is 349 g/mol. The van der Waals surface area contributed by atoms with Crippen LogP contribution in [0, 0.1) is 25.5 Å². The highest BCUT2D eigenvalue weighted by Crippen LogP contribution is 2.19. The summed E-state index contributed by atoms with van der Waals surface area (Å²) in [6.45, 7) is 2.71. The van der Waals surface area contributed by atoms with Gasteiger partial charge in [-0.25, -0.2) is 13.6 Å². The minimum absolute atomic E-state index is 0.384. The Bertz CT molecular complexity index is 772. The maximum atomic E-state index is 13.4. The lowest BCUT2D eigenvalue weighted by atomic mass is 10.1. The molecule has 0 fully saturated rings. The lowest BCUT2D eigenvalue weighted by Gasteiger charge is -2.10. The molecule has 5 nitrogen and oxygen atoms in total. The minimum atomic E-state index is -0.919. The molecule has 25 heavy (non-hydrogen) atoms. The molecule has 1 amide bonds. The van der Waals surface area contributed by atoms with E-state index in [1.54, 1.807) is 6.07 Å². The average Bonchev–Trinajstić information content (AvgIpc) is 2.55. The predicted molar refractivity (Wildman–Crippen MR) is 87.4 cm³/mol. The van der Waals surface area contributed by atoms with Gasteiger partial charge in [0.05, 0.1) is 0 Å². The Kier molecular flexibility index (Phi) is 6.05. The Morgan fingerprint density at radius 1 is 1.04 bits per heavy atom. The van der Waals surface area contributed by atoms with Gasteiger partial charge < -0.3 is 14.8 Å². The molecule has 0 aliphatic rings. The zero-order chi connectivity index (χ0) is 18.4. The molecule has 0 aromatic heterocycles. The highest BCUT2D eigenvalue weighted by molar-refractivity contribution is 5.93. The molecule has 0 saturated heterocycles. The number of halogens is 2. The van der Waals surface area contributed by atoms with Crippen molar-refractivity contribution in [1.29, 1.82) is 0 Å². The third kappa shape index (κ3) is 5.27. The Hall–Kier alpha value is -2.96. The molecule has 0 radical (unpaired) electrons. The van der Waals surface area contributed by atoms with Gasteiger partial charge in [0.1, 0.15) is 23.1 Å². The number of carbonyl (C=O) groups excluding carboxylic acids is 2. The number of hydrogen-bond donors (Lipinski definition) is 1. The molecule has 0 unspecified atom stereocenters. The topological polar surface area (TPSA) is 64.6 Å². The van der Waals surface area contributed by atoms with Crippen molar-refractivity contribution in [1.82, 2.24) is 0 Å². The lowest BCUT2D eigenvalue weighted by molar-refractivity contribution is -0.149. The number of ether oxygens (including phenoxy) is 2. The van der Waals surface area contributed by atoms with Crippen LogP contribution in [0.15, 0.2) is 36.4 Å². The van der Waals surface area contributed by atoms with Gasteiger partial charge in [-0.15, -0.1) is 0 Å². The van der Waals surface area contributed by atoms with Crippen molar-refractivity contribution in [3.63, 3.8) is 0 Å². The van der Waals surface area contributed by atoms with E-state index in [0.29, 0.717) is 5.75 Å². The molecular weight excluding hydrogens is 332 g/mol. The van der Waals surface area contributed by atoms with Crippen LogP contribution in [0.1, 0.15) is 11.1 Å². The van der Waals surface area contributed by atoms with E-state index in [2.05, 4.69) is 0 Å². The number of amides is 1. The summed E-state index contributed by atoms with van der Waals surface area (Å²) >= 11 is 0. The van der Waals surface area contributed by atoms with Crippen molar-refractivity contribution in [2.24, 2.45) is 0 Å². The first kappa shape index (κ1) is 18.4. The van der Waals surface area contributed by atoms with Crippen molar-refractivity contribution >= 4 is 17.6 Å². The van der Waals surface area contributed by atoms with Gasteiger partial charge in [-0.05, 0) is 37.6 Å². The molecule has 0 aliphatic heterocycles. The third-order valence-corrected chi connectivity index (χ3v) is 3.27. The molecule has 0 bridgehead atoms. The summed E-state index contributed by atoms with van der Waals surface area (Å²) in [5.41, 5.74) is 1.33. The number of aryl methyl sites for hydroxylation is 2. The second kappa shape index (κ2) is 8.23. The standard InChI is InChI=1S/C18H17F2NO4/c1-11-6-7-15(12(2)8-11)24-10-17(23)25-9-16(22)21-18-13(19)4-3-5-14(18)20/h3-8H,9-10H2,1-2H3,(H,21,22). The number of carbonyl (C=O) groups is 2. The predicted octanol–water partition coefficient (Wildman–Crippen LogP) is 3.14. The zero-order valence-electron chi connectivity index (χ0n) is 13.8. The van der Waals surface area contributed by atoms with Crippen LogP contribution in [0.25, 0.3) is 0 Å². The van der Waals surface area contributed by atoms with Crippen LogP contribution in [0.4, 0.5) is 14.5 Å². The summed E-state index contributed by atoms with van der Waals surface area (Å²) in [5.74, 6) is -2.94. The van der Waals surface area contributed by atoms with Crippen molar-refractivity contribution in [3.05, 3.63) is 59.2 Å². The maximum Gasteiger partial charge on any atom is 0.344 e. The van der Waals surface area contributed by atoms with Gasteiger partial charge in [0.15, 0.2) is 13.2 Å². The van der Waals surface area contributed by atoms with Crippen molar-refractivity contribution in [3.8, 4) is 5.75 Å². The van der Waals surface area contributed by atoms with Crippen LogP contribution in [-0.2, 0) is 14.3 Å². The summed E-state index contributed by atoms with van der Waals surface area (Å²) in [5, 5.41) is 2.02. The van der Waals surface area contributed by atoms with Crippen LogP contribution >= 0.6 is 0 Å². The molecule has 2 aromatic carbocycles. The Morgan fingerprint density at radius 3 is 2.36 bits per heavy atom. The van der Waals surface area contributed by atoms with Gasteiger partial charge in [-0.1, -0.05) is 23.8 Å². The summed E-state index contributed by atoms with van der Waals surface area (Å²) in [4.78, 5) is 23.2. The minimum Gasteiger partial charge on any atom is -0.482 e. The number of esters is 1. The monoisotopic (exact) mass is 349 g/mol. The molecule has 132 valence electrons. The highest BCUT2D eigenvalue weighted by atomic mass is 19.1. The summed E-state index contributed by atoms with van der Waals surface area (Å²) < 4.78 is 36.8. The van der Waals surface area contributed by atoms with Crippen LogP contribution in [-0.4, -0.2) is 25.1 Å². The molecule has 0 spiro atoms. The molecule has 0 aliphatic carbocycles. The van der Waals surface area contributed by atoms with E-state index in [9.17, 15) is 18.4 Å². The van der Waals surface area contributed by atoms with E-state index < -0.39 is 35.8 Å². The van der Waals surface area contributed by atoms with Gasteiger partial charge >= 0.3 is 5.97 Å². The fourth-order valence-corrected chi connectivity index (χ4v) is 2.08. The van der Waals surface area contributed by atoms with Gasteiger partial charge in [-0.2, -0.15) is 0 Å². The number of rotatable bonds is 6. The fourth-order valence-electron chi connectivity index (χ4n) is 2.08. The van der Waals surface area contributed by atoms with Gasteiger partial charge in [-0.3, -0.25) is 4.79 Å². The fraction of sp³-hybridized carbons (Fsp3) is 0.222. The van der Waals surface area contributed by atoms with Crippen LogP contribution < -0.4 is 10.1 Å². The molecule has 7 heteroatoms. The van der Waals surface area contributed by atoms with E-state index in [1.165, 1.54) is 6.07 Å². The smallest absolute Gasteiger partial charge is 0.344 e. The molecule has 1 N–H and O–H groups in total. The van der Waals surface area contributed by atoms with Crippen LogP contribution in [0.5, 0.6) is 5.75 Å². The Morgan fingerprint density at radius 2 is 1.72 bits per heavy atom. The first-order valence-electron chi connectivity index (χ1n) is 7.46. The van der Waals surface area contributed by atoms with E-state index in [4.69, 9.17) is 9.47 Å². The van der Waals surface area contributed by atoms with Gasteiger partial charge in [0.2, 0.25) is 0 Å². The maximum absolute atomic E-state index is 13.4. The largest absolute Gasteiger partial charge is 0.482 e. The lowest BCUT2D eigenvalue weighted by Crippen LogP contribution is -2.24. The van der Waals surface area contributed by atoms with E-state index in [0.717, 1.165) is 23.3 Å². The Balaban J connectivity index is 1.80. The third-order valence-electron chi connectivity index (χ3n) is 3.27. The first-order chi connectivity index (χ1) is 11.9. The van der Waals surface area contributed by atoms with Crippen molar-refractivity contribution in [2.45, 2.75) is 13.8 Å². The van der Waals surface area contributed by atoms with Gasteiger partial charge in [0.25, 0.3) is 5.91 Å². The van der Waals surface area contributed by atoms with Gasteiger partial charge in [0, 0.05) is 0 Å². The summed E-state index contributed by atoms with van der Waals surface area (Å²) in [6.07, 6.45) is 0. The normalized spacial score (nSPS) is 10.2. The molecule has 0 heterocycles. The number of benzene rings is 2. The van der Waals surface area contributed by atoms with Crippen LogP contribution in [0.2, 0.25) is 0 Å². The first-order valence-corrected chi connectivity index (χ1v) is 7.46. The molecule has 0 saturated carbocycles. The van der Waals surface area contributed by atoms with Crippen molar-refractivity contribution in [2.75, 3.05) is 18.5 Å². The van der Waals surface area contributed by atoms with E-state index >= 15 is 0 Å². The molecule has 2 rings (SSSR count). The summed E-state index contributed by atoms with van der Waals surface area (Å²) in [6, 6.07) is 8.64. The quantitative estimate of drug-likeness (QED) is 0.814. The highest BCUT2D eigenvalue weighted by Gasteiger charge is 2.14. The number of para-hydroxylation sites is 1. The van der Waals surface area contributed by atoms with Crippen LogP contribution in [0.3, 0.4) is 0 Å². The Labute approximate surface area is 143 Å². The molecule has 2 aromatic rings. The van der Waals surface area contributed by atoms with E-state index in [1.807, 2.05) is 31.3 Å². The number of hydrogen-bond acceptors (Lipinski definition) is 4. The van der Waals surface area contributed by atoms with Crippen molar-refractivity contribution < 1.29 is 27.8 Å². The number of anilines is 1. The number of nitrogens with one attached hydrogen (secondary N) is 1. The second-order valence-electron chi connectivity index (χ2n) is 5.36. The molecule has 0 atom stereocenters. The zero-order valence-corrected chi connectivity index (χ0v) is 13.8.